The van der Waals surface area contributed by atoms with Gasteiger partial charge in [-0.15, -0.1) is 0 Å². The van der Waals surface area contributed by atoms with Gasteiger partial charge in [0.15, 0.2) is 0 Å². The molecule has 0 saturated heterocycles. The lowest BCUT2D eigenvalue weighted by Gasteiger charge is -2.17. The zero-order valence-corrected chi connectivity index (χ0v) is 12.1. The lowest BCUT2D eigenvalue weighted by molar-refractivity contribution is -0.384. The maximum absolute atomic E-state index is 11.6. The van der Waals surface area contributed by atoms with Crippen molar-refractivity contribution in [1.29, 1.82) is 0 Å². The summed E-state index contributed by atoms with van der Waals surface area (Å²) in [6.45, 7) is 0.0424. The Kier molecular flexibility index (Phi) is 4.98. The van der Waals surface area contributed by atoms with Crippen molar-refractivity contribution in [2.75, 3.05) is 13.7 Å². The minimum Gasteiger partial charge on any atom is -0.490 e. The number of nitro groups is 1. The maximum Gasteiger partial charge on any atom is 0.326 e. The number of esters is 1. The summed E-state index contributed by atoms with van der Waals surface area (Å²) < 4.78 is 10.2. The molecule has 1 aliphatic carbocycles. The molecule has 0 radical (unpaired) electrons. The van der Waals surface area contributed by atoms with Gasteiger partial charge in [0.1, 0.15) is 18.4 Å². The molecule has 0 aromatic heterocycles. The lowest BCUT2D eigenvalue weighted by atomic mass is 10.3. The molecule has 114 valence electrons. The number of methoxy groups -OCH3 is 1. The van der Waals surface area contributed by atoms with Crippen LogP contribution in [0.15, 0.2) is 18.2 Å². The molecule has 1 unspecified atom stereocenters. The van der Waals surface area contributed by atoms with E-state index < -0.39 is 16.9 Å². The van der Waals surface area contributed by atoms with Gasteiger partial charge in [-0.25, -0.2) is 0 Å². The molecule has 1 saturated carbocycles. The van der Waals surface area contributed by atoms with Gasteiger partial charge in [0.2, 0.25) is 0 Å². The van der Waals surface area contributed by atoms with Gasteiger partial charge in [-0.3, -0.25) is 20.2 Å². The summed E-state index contributed by atoms with van der Waals surface area (Å²) >= 11 is 5.92. The van der Waals surface area contributed by atoms with Crippen molar-refractivity contribution in [3.63, 3.8) is 0 Å². The van der Waals surface area contributed by atoms with Crippen LogP contribution in [0.2, 0.25) is 5.02 Å². The molecule has 1 fully saturated rings. The third kappa shape index (κ3) is 4.30. The average molecular weight is 315 g/mol. The second-order valence-electron chi connectivity index (χ2n) is 4.70. The Morgan fingerprint density at radius 2 is 2.29 bits per heavy atom. The van der Waals surface area contributed by atoms with Crippen LogP contribution < -0.4 is 10.1 Å². The number of nitro benzene ring substituents is 1. The van der Waals surface area contributed by atoms with Crippen LogP contribution in [0.1, 0.15) is 12.8 Å². The van der Waals surface area contributed by atoms with E-state index in [0.29, 0.717) is 6.04 Å². The van der Waals surface area contributed by atoms with Crippen molar-refractivity contribution in [1.82, 2.24) is 5.32 Å². The van der Waals surface area contributed by atoms with Crippen LogP contribution in [0.4, 0.5) is 5.69 Å². The third-order valence-electron chi connectivity index (χ3n) is 3.03. The Balaban J connectivity index is 1.99. The Hall–Kier alpha value is -1.86. The van der Waals surface area contributed by atoms with Gasteiger partial charge in [0, 0.05) is 18.2 Å². The molecule has 8 heteroatoms. The highest BCUT2D eigenvalue weighted by molar-refractivity contribution is 6.32. The lowest BCUT2D eigenvalue weighted by Crippen LogP contribution is -2.43. The summed E-state index contributed by atoms with van der Waals surface area (Å²) in [6.07, 6.45) is 2.04. The van der Waals surface area contributed by atoms with Crippen LogP contribution in [0.3, 0.4) is 0 Å². The van der Waals surface area contributed by atoms with E-state index >= 15 is 0 Å². The highest BCUT2D eigenvalue weighted by atomic mass is 35.5. The van der Waals surface area contributed by atoms with E-state index in [1.54, 1.807) is 0 Å². The molecule has 0 aliphatic heterocycles. The fourth-order valence-electron chi connectivity index (χ4n) is 1.75. The first-order valence-corrected chi connectivity index (χ1v) is 6.79. The van der Waals surface area contributed by atoms with E-state index in [1.807, 2.05) is 0 Å². The molecular weight excluding hydrogens is 300 g/mol. The van der Waals surface area contributed by atoms with E-state index in [-0.39, 0.29) is 23.1 Å². The Morgan fingerprint density at radius 1 is 1.57 bits per heavy atom. The molecule has 1 aromatic carbocycles. The monoisotopic (exact) mass is 314 g/mol. The number of hydrogen-bond donors (Lipinski definition) is 1. The molecule has 0 spiro atoms. The van der Waals surface area contributed by atoms with Crippen molar-refractivity contribution in [3.8, 4) is 5.75 Å². The SMILES string of the molecule is COC(=O)C(COc1ccc([N+](=O)[O-])cc1Cl)NC1CC1. The molecule has 1 atom stereocenters. The van der Waals surface area contributed by atoms with Gasteiger partial charge in [-0.05, 0) is 18.9 Å². The van der Waals surface area contributed by atoms with Crippen molar-refractivity contribution in [2.24, 2.45) is 0 Å². The number of rotatable bonds is 7. The summed E-state index contributed by atoms with van der Waals surface area (Å²) in [6, 6.07) is 3.63. The molecule has 0 bridgehead atoms. The topological polar surface area (TPSA) is 90.7 Å². The second kappa shape index (κ2) is 6.73. The largest absolute Gasteiger partial charge is 0.490 e. The Labute approximate surface area is 126 Å². The molecule has 7 nitrogen and oxygen atoms in total. The molecule has 0 heterocycles. The van der Waals surface area contributed by atoms with Crippen LogP contribution in [0, 0.1) is 10.1 Å². The summed E-state index contributed by atoms with van der Waals surface area (Å²) in [4.78, 5) is 21.7. The fourth-order valence-corrected chi connectivity index (χ4v) is 1.98. The highest BCUT2D eigenvalue weighted by Crippen LogP contribution is 2.29. The number of carbonyl (C=O) groups is 1. The van der Waals surface area contributed by atoms with Crippen molar-refractivity contribution >= 4 is 23.3 Å². The summed E-state index contributed by atoms with van der Waals surface area (Å²) in [7, 11) is 1.31. The molecule has 1 aliphatic rings. The first-order chi connectivity index (χ1) is 10.0. The Morgan fingerprint density at radius 3 is 2.81 bits per heavy atom. The Bertz CT molecular complexity index is 547. The van der Waals surface area contributed by atoms with E-state index in [4.69, 9.17) is 21.1 Å². The van der Waals surface area contributed by atoms with Crippen molar-refractivity contribution < 1.29 is 19.2 Å². The van der Waals surface area contributed by atoms with Crippen molar-refractivity contribution in [2.45, 2.75) is 24.9 Å². The number of ether oxygens (including phenoxy) is 2. The molecule has 1 N–H and O–H groups in total. The number of nitrogens with one attached hydrogen (secondary N) is 1. The number of halogens is 1. The van der Waals surface area contributed by atoms with Gasteiger partial charge in [0.05, 0.1) is 17.1 Å². The van der Waals surface area contributed by atoms with E-state index in [2.05, 4.69) is 5.32 Å². The zero-order chi connectivity index (χ0) is 15.4. The second-order valence-corrected chi connectivity index (χ2v) is 5.11. The fraction of sp³-hybridized carbons (Fsp3) is 0.462. The number of non-ortho nitro benzene ring substituents is 1. The van der Waals surface area contributed by atoms with Crippen LogP contribution in [0.25, 0.3) is 0 Å². The van der Waals surface area contributed by atoms with Crippen LogP contribution in [-0.2, 0) is 9.53 Å². The molecular formula is C13H15ClN2O5. The first-order valence-electron chi connectivity index (χ1n) is 6.42. The first kappa shape index (κ1) is 15.5. The number of benzene rings is 1. The highest BCUT2D eigenvalue weighted by Gasteiger charge is 2.29. The average Bonchev–Trinajstić information content (AvgIpc) is 3.27. The number of nitrogens with zero attached hydrogens (tertiary/aromatic N) is 1. The van der Waals surface area contributed by atoms with Gasteiger partial charge < -0.3 is 9.47 Å². The zero-order valence-electron chi connectivity index (χ0n) is 11.4. The van der Waals surface area contributed by atoms with Crippen molar-refractivity contribution in [3.05, 3.63) is 33.3 Å². The van der Waals surface area contributed by atoms with E-state index in [1.165, 1.54) is 25.3 Å². The quantitative estimate of drug-likeness (QED) is 0.470. The van der Waals surface area contributed by atoms with Gasteiger partial charge in [-0.1, -0.05) is 11.6 Å². The third-order valence-corrected chi connectivity index (χ3v) is 3.33. The predicted octanol–water partition coefficient (Wildman–Crippen LogP) is 1.92. The van der Waals surface area contributed by atoms with Crippen LogP contribution >= 0.6 is 11.6 Å². The molecule has 21 heavy (non-hydrogen) atoms. The molecule has 2 rings (SSSR count). The van der Waals surface area contributed by atoms with Gasteiger partial charge >= 0.3 is 5.97 Å². The number of carbonyl (C=O) groups excluding carboxylic acids is 1. The minimum absolute atomic E-state index is 0.0424. The van der Waals surface area contributed by atoms with E-state index in [0.717, 1.165) is 12.8 Å². The smallest absolute Gasteiger partial charge is 0.326 e. The predicted molar refractivity (Wildman–Crippen MR) is 75.6 cm³/mol. The number of hydrogen-bond acceptors (Lipinski definition) is 6. The van der Waals surface area contributed by atoms with E-state index in [9.17, 15) is 14.9 Å². The standard InChI is InChI=1S/C13H15ClN2O5/c1-20-13(17)11(15-8-2-3-8)7-21-12-5-4-9(16(18)19)6-10(12)14/h4-6,8,11,15H,2-3,7H2,1H3. The summed E-state index contributed by atoms with van der Waals surface area (Å²) in [5, 5.41) is 13.9. The van der Waals surface area contributed by atoms with Gasteiger partial charge in [0.25, 0.3) is 5.69 Å². The van der Waals surface area contributed by atoms with Gasteiger partial charge in [-0.2, -0.15) is 0 Å². The molecule has 1 aromatic rings. The summed E-state index contributed by atoms with van der Waals surface area (Å²) in [5.41, 5.74) is -0.118. The minimum atomic E-state index is -0.589. The maximum atomic E-state index is 11.6. The molecule has 0 amide bonds. The summed E-state index contributed by atoms with van der Waals surface area (Å²) in [5.74, 6) is -0.131. The van der Waals surface area contributed by atoms with Crippen LogP contribution in [-0.4, -0.2) is 36.7 Å². The van der Waals surface area contributed by atoms with Crippen LogP contribution in [0.5, 0.6) is 5.75 Å². The normalized spacial score (nSPS) is 15.3.